The van der Waals surface area contributed by atoms with E-state index < -0.39 is 4.92 Å². The van der Waals surface area contributed by atoms with Crippen molar-refractivity contribution in [2.75, 3.05) is 31.6 Å². The van der Waals surface area contributed by atoms with Gasteiger partial charge in [0.15, 0.2) is 0 Å². The number of hydrogen-bond acceptors (Lipinski definition) is 6. The molecule has 1 heterocycles. The van der Waals surface area contributed by atoms with Crippen LogP contribution < -0.4 is 15.8 Å². The van der Waals surface area contributed by atoms with Gasteiger partial charge in [-0.3, -0.25) is 19.8 Å². The van der Waals surface area contributed by atoms with Crippen molar-refractivity contribution in [2.45, 2.75) is 25.8 Å². The van der Waals surface area contributed by atoms with Crippen LogP contribution in [-0.4, -0.2) is 48.0 Å². The standard InChI is InChI=1S/C15H22N4O4/c1-2-23-12-3-4-13(14(9-12)19(21)22)17-15(20)10-18-7-5-11(16)6-8-18/h3-4,9,11H,2,5-8,10,16H2,1H3,(H,17,20). The van der Waals surface area contributed by atoms with E-state index in [9.17, 15) is 14.9 Å². The maximum absolute atomic E-state index is 12.1. The number of amides is 1. The first-order chi connectivity index (χ1) is 11.0. The van der Waals surface area contributed by atoms with E-state index in [0.29, 0.717) is 12.4 Å². The minimum atomic E-state index is -0.530. The highest BCUT2D eigenvalue weighted by Crippen LogP contribution is 2.29. The predicted octanol–water partition coefficient (Wildman–Crippen LogP) is 1.36. The van der Waals surface area contributed by atoms with Crippen molar-refractivity contribution in [2.24, 2.45) is 5.73 Å². The van der Waals surface area contributed by atoms with E-state index in [1.54, 1.807) is 13.0 Å². The van der Waals surface area contributed by atoms with E-state index in [1.165, 1.54) is 12.1 Å². The number of piperidine rings is 1. The highest BCUT2D eigenvalue weighted by atomic mass is 16.6. The summed E-state index contributed by atoms with van der Waals surface area (Å²) in [4.78, 5) is 24.7. The summed E-state index contributed by atoms with van der Waals surface area (Å²) in [6, 6.07) is 4.61. The van der Waals surface area contributed by atoms with Gasteiger partial charge in [0, 0.05) is 19.1 Å². The first-order valence-electron chi connectivity index (χ1n) is 7.68. The van der Waals surface area contributed by atoms with Gasteiger partial charge < -0.3 is 15.8 Å². The molecule has 23 heavy (non-hydrogen) atoms. The molecule has 3 N–H and O–H groups in total. The second-order valence-corrected chi connectivity index (χ2v) is 5.53. The summed E-state index contributed by atoms with van der Waals surface area (Å²) in [7, 11) is 0. The van der Waals surface area contributed by atoms with Crippen LogP contribution in [0.4, 0.5) is 11.4 Å². The number of benzene rings is 1. The first kappa shape index (κ1) is 17.2. The van der Waals surface area contributed by atoms with Gasteiger partial charge in [0.2, 0.25) is 5.91 Å². The van der Waals surface area contributed by atoms with Gasteiger partial charge >= 0.3 is 0 Å². The minimum absolute atomic E-state index is 0.176. The fourth-order valence-electron chi connectivity index (χ4n) is 2.53. The van der Waals surface area contributed by atoms with Crippen molar-refractivity contribution in [1.29, 1.82) is 0 Å². The zero-order valence-electron chi connectivity index (χ0n) is 13.2. The van der Waals surface area contributed by atoms with Gasteiger partial charge in [-0.2, -0.15) is 0 Å². The quantitative estimate of drug-likeness (QED) is 0.604. The van der Waals surface area contributed by atoms with Crippen LogP contribution >= 0.6 is 0 Å². The fraction of sp³-hybridized carbons (Fsp3) is 0.533. The molecule has 1 amide bonds. The molecular formula is C15H22N4O4. The van der Waals surface area contributed by atoms with Crippen molar-refractivity contribution in [1.82, 2.24) is 4.90 Å². The summed E-state index contributed by atoms with van der Waals surface area (Å²) in [5.74, 6) is 0.134. The molecule has 1 saturated heterocycles. The Balaban J connectivity index is 2.00. The number of likely N-dealkylation sites (tertiary alicyclic amines) is 1. The lowest BCUT2D eigenvalue weighted by Crippen LogP contribution is -2.43. The number of anilines is 1. The summed E-state index contributed by atoms with van der Waals surface area (Å²) >= 11 is 0. The van der Waals surface area contributed by atoms with Crippen molar-refractivity contribution in [3.63, 3.8) is 0 Å². The molecule has 0 saturated carbocycles. The molecular weight excluding hydrogens is 300 g/mol. The molecule has 1 fully saturated rings. The molecule has 8 nitrogen and oxygen atoms in total. The van der Waals surface area contributed by atoms with Crippen molar-refractivity contribution < 1.29 is 14.5 Å². The third-order valence-electron chi connectivity index (χ3n) is 3.75. The molecule has 2 rings (SSSR count). The lowest BCUT2D eigenvalue weighted by Gasteiger charge is -2.29. The van der Waals surface area contributed by atoms with Crippen molar-refractivity contribution in [3.05, 3.63) is 28.3 Å². The molecule has 8 heteroatoms. The molecule has 0 spiro atoms. The van der Waals surface area contributed by atoms with Crippen LogP contribution in [0.2, 0.25) is 0 Å². The first-order valence-corrected chi connectivity index (χ1v) is 7.68. The van der Waals surface area contributed by atoms with Crippen LogP contribution in [0, 0.1) is 10.1 Å². The van der Waals surface area contributed by atoms with Crippen molar-refractivity contribution >= 4 is 17.3 Å². The van der Waals surface area contributed by atoms with Gasteiger partial charge in [-0.05, 0) is 31.9 Å². The van der Waals surface area contributed by atoms with Crippen LogP contribution in [0.1, 0.15) is 19.8 Å². The number of nitro benzene ring substituents is 1. The zero-order chi connectivity index (χ0) is 16.8. The number of carbonyl (C=O) groups is 1. The number of ether oxygens (including phenoxy) is 1. The second kappa shape index (κ2) is 7.89. The highest BCUT2D eigenvalue weighted by Gasteiger charge is 2.21. The van der Waals surface area contributed by atoms with Crippen LogP contribution in [0.15, 0.2) is 18.2 Å². The Hall–Kier alpha value is -2.19. The molecule has 1 aliphatic rings. The number of rotatable bonds is 6. The van der Waals surface area contributed by atoms with E-state index >= 15 is 0 Å². The van der Waals surface area contributed by atoms with E-state index in [2.05, 4.69) is 5.32 Å². The summed E-state index contributed by atoms with van der Waals surface area (Å²) in [6.45, 7) is 3.95. The number of nitro groups is 1. The Bertz CT molecular complexity index is 571. The Labute approximate surface area is 134 Å². The molecule has 126 valence electrons. The zero-order valence-corrected chi connectivity index (χ0v) is 13.2. The Morgan fingerprint density at radius 2 is 2.17 bits per heavy atom. The van der Waals surface area contributed by atoms with E-state index in [-0.39, 0.29) is 29.9 Å². The van der Waals surface area contributed by atoms with Gasteiger partial charge in [0.05, 0.1) is 24.1 Å². The predicted molar refractivity (Wildman–Crippen MR) is 86.5 cm³/mol. The summed E-state index contributed by atoms with van der Waals surface area (Å²) in [5.41, 5.74) is 5.83. The van der Waals surface area contributed by atoms with Crippen LogP contribution in [0.3, 0.4) is 0 Å². The van der Waals surface area contributed by atoms with Crippen molar-refractivity contribution in [3.8, 4) is 5.75 Å². The molecule has 1 aromatic carbocycles. The average molecular weight is 322 g/mol. The van der Waals surface area contributed by atoms with Gasteiger partial charge in [0.25, 0.3) is 5.69 Å². The molecule has 0 aromatic heterocycles. The molecule has 1 aromatic rings. The highest BCUT2D eigenvalue weighted by molar-refractivity contribution is 5.94. The SMILES string of the molecule is CCOc1ccc(NC(=O)CN2CCC(N)CC2)c([N+](=O)[O-])c1. The Kier molecular flexibility index (Phi) is 5.89. The monoisotopic (exact) mass is 322 g/mol. The van der Waals surface area contributed by atoms with E-state index in [4.69, 9.17) is 10.5 Å². The molecule has 0 bridgehead atoms. The second-order valence-electron chi connectivity index (χ2n) is 5.53. The molecule has 1 aliphatic heterocycles. The summed E-state index contributed by atoms with van der Waals surface area (Å²) in [5, 5.41) is 13.8. The number of nitrogens with zero attached hydrogens (tertiary/aromatic N) is 2. The molecule has 0 aliphatic carbocycles. The minimum Gasteiger partial charge on any atom is -0.494 e. The number of nitrogens with one attached hydrogen (secondary N) is 1. The molecule has 0 unspecified atom stereocenters. The largest absolute Gasteiger partial charge is 0.494 e. The normalized spacial score (nSPS) is 16.1. The Morgan fingerprint density at radius 1 is 1.48 bits per heavy atom. The maximum Gasteiger partial charge on any atom is 0.296 e. The maximum atomic E-state index is 12.1. The molecule has 0 atom stereocenters. The molecule has 0 radical (unpaired) electrons. The lowest BCUT2D eigenvalue weighted by molar-refractivity contribution is -0.384. The smallest absolute Gasteiger partial charge is 0.296 e. The third kappa shape index (κ3) is 4.90. The van der Waals surface area contributed by atoms with Crippen LogP contribution in [-0.2, 0) is 4.79 Å². The van der Waals surface area contributed by atoms with Gasteiger partial charge in [-0.1, -0.05) is 0 Å². The summed E-state index contributed by atoms with van der Waals surface area (Å²) in [6.07, 6.45) is 1.72. The number of carbonyl (C=O) groups excluding carboxylic acids is 1. The van der Waals surface area contributed by atoms with Gasteiger partial charge in [-0.15, -0.1) is 0 Å². The van der Waals surface area contributed by atoms with Gasteiger partial charge in [-0.25, -0.2) is 0 Å². The Morgan fingerprint density at radius 3 is 2.78 bits per heavy atom. The van der Waals surface area contributed by atoms with Gasteiger partial charge in [0.1, 0.15) is 11.4 Å². The van der Waals surface area contributed by atoms with Crippen LogP contribution in [0.25, 0.3) is 0 Å². The third-order valence-corrected chi connectivity index (χ3v) is 3.75. The number of nitrogens with two attached hydrogens (primary N) is 1. The topological polar surface area (TPSA) is 111 Å². The van der Waals surface area contributed by atoms with Crippen LogP contribution in [0.5, 0.6) is 5.75 Å². The fourth-order valence-corrected chi connectivity index (χ4v) is 2.53. The van der Waals surface area contributed by atoms with E-state index in [1.807, 2.05) is 4.90 Å². The average Bonchev–Trinajstić information content (AvgIpc) is 2.51. The lowest BCUT2D eigenvalue weighted by atomic mass is 10.1. The number of hydrogen-bond donors (Lipinski definition) is 2. The van der Waals surface area contributed by atoms with E-state index in [0.717, 1.165) is 25.9 Å². The summed E-state index contributed by atoms with van der Waals surface area (Å²) < 4.78 is 5.25.